The zero-order chi connectivity index (χ0) is 13.5. The molecule has 0 spiro atoms. The fraction of sp³-hybridized carbons (Fsp3) is 0.294. The first-order valence-corrected chi connectivity index (χ1v) is 9.27. The van der Waals surface area contributed by atoms with Crippen molar-refractivity contribution in [2.45, 2.75) is 34.1 Å². The Kier molecular flexibility index (Phi) is 6.63. The molecular formula is C17H21Hg. The summed E-state index contributed by atoms with van der Waals surface area (Å²) in [5.41, 5.74) is 5.65. The standard InChI is InChI=1S/C17H21.Hg/c1-5-14(3)12-15(4)13-16(6-2)17-10-8-7-9-11-17;/h6-12H,5H2,1-4H3;/b14-12+,15-13?,16-6+;. The van der Waals surface area contributed by atoms with Crippen molar-refractivity contribution in [2.75, 3.05) is 0 Å². The van der Waals surface area contributed by atoms with Gasteiger partial charge in [-0.1, -0.05) is 0 Å². The first kappa shape index (κ1) is 15.4. The first-order valence-electron chi connectivity index (χ1n) is 6.52. The minimum atomic E-state index is 0.623. The van der Waals surface area contributed by atoms with Crippen molar-refractivity contribution in [2.24, 2.45) is 0 Å². The molecule has 0 atom stereocenters. The second-order valence-corrected chi connectivity index (χ2v) is 7.32. The van der Waals surface area contributed by atoms with E-state index in [1.807, 2.05) is 0 Å². The van der Waals surface area contributed by atoms with Crippen molar-refractivity contribution in [1.29, 1.82) is 0 Å². The van der Waals surface area contributed by atoms with Gasteiger partial charge in [-0.15, -0.1) is 0 Å². The predicted octanol–water partition coefficient (Wildman–Crippen LogP) is 5.27. The Morgan fingerprint density at radius 2 is 1.78 bits per heavy atom. The fourth-order valence-corrected chi connectivity index (χ4v) is 3.89. The van der Waals surface area contributed by atoms with E-state index in [-0.39, 0.29) is 0 Å². The van der Waals surface area contributed by atoms with Crippen molar-refractivity contribution in [1.82, 2.24) is 0 Å². The normalized spacial score (nSPS) is 14.6. The van der Waals surface area contributed by atoms with Crippen LogP contribution in [0.15, 0.2) is 56.7 Å². The number of allylic oxidation sites excluding steroid dienone is 6. The molecular weight excluding hydrogens is 405 g/mol. The van der Waals surface area contributed by atoms with E-state index < -0.39 is 0 Å². The van der Waals surface area contributed by atoms with Crippen LogP contribution in [0.5, 0.6) is 0 Å². The molecule has 18 heavy (non-hydrogen) atoms. The van der Waals surface area contributed by atoms with Gasteiger partial charge in [-0.3, -0.25) is 0 Å². The van der Waals surface area contributed by atoms with Gasteiger partial charge in [0, 0.05) is 0 Å². The average Bonchev–Trinajstić information content (AvgIpc) is 2.40. The molecule has 0 saturated carbocycles. The van der Waals surface area contributed by atoms with E-state index in [4.69, 9.17) is 0 Å². The molecule has 0 unspecified atom stereocenters. The van der Waals surface area contributed by atoms with E-state index in [0.717, 1.165) is 6.42 Å². The van der Waals surface area contributed by atoms with Gasteiger partial charge in [-0.2, -0.15) is 0 Å². The van der Waals surface area contributed by atoms with Gasteiger partial charge >= 0.3 is 128 Å². The summed E-state index contributed by atoms with van der Waals surface area (Å²) in [6.45, 7) is 8.80. The van der Waals surface area contributed by atoms with Crippen LogP contribution < -0.4 is 0 Å². The Labute approximate surface area is 127 Å². The van der Waals surface area contributed by atoms with Gasteiger partial charge in [0.25, 0.3) is 0 Å². The van der Waals surface area contributed by atoms with Crippen molar-refractivity contribution < 1.29 is 26.1 Å². The van der Waals surface area contributed by atoms with Crippen LogP contribution in [-0.4, -0.2) is 0 Å². The summed E-state index contributed by atoms with van der Waals surface area (Å²) in [5, 5.41) is 0. The second-order valence-electron chi connectivity index (χ2n) is 4.57. The third-order valence-electron chi connectivity index (χ3n) is 3.20. The molecule has 1 rings (SSSR count). The molecule has 0 nitrogen and oxygen atoms in total. The Balaban J connectivity index is 3.15. The Morgan fingerprint density at radius 1 is 1.17 bits per heavy atom. The zero-order valence-corrected chi connectivity index (χ0v) is 17.5. The molecule has 91 valence electrons. The van der Waals surface area contributed by atoms with Gasteiger partial charge in [-0.05, 0) is 0 Å². The molecule has 0 aliphatic carbocycles. The topological polar surface area (TPSA) is 0 Å². The van der Waals surface area contributed by atoms with Gasteiger partial charge in [0.2, 0.25) is 0 Å². The van der Waals surface area contributed by atoms with Gasteiger partial charge in [0.15, 0.2) is 0 Å². The van der Waals surface area contributed by atoms with Gasteiger partial charge in [0.05, 0.1) is 0 Å². The van der Waals surface area contributed by atoms with Crippen molar-refractivity contribution in [3.63, 3.8) is 0 Å². The summed E-state index contributed by atoms with van der Waals surface area (Å²) in [5.74, 6) is 0. The summed E-state index contributed by atoms with van der Waals surface area (Å²) >= 11 is 0.623. The first-order chi connectivity index (χ1) is 8.60. The van der Waals surface area contributed by atoms with E-state index in [9.17, 15) is 0 Å². The van der Waals surface area contributed by atoms with Crippen LogP contribution in [0.1, 0.15) is 39.7 Å². The molecule has 1 aromatic rings. The summed E-state index contributed by atoms with van der Waals surface area (Å²) in [4.78, 5) is 0. The van der Waals surface area contributed by atoms with E-state index >= 15 is 0 Å². The fourth-order valence-electron chi connectivity index (χ4n) is 1.90. The molecule has 0 heterocycles. The van der Waals surface area contributed by atoms with Crippen molar-refractivity contribution >= 4 is 5.57 Å². The van der Waals surface area contributed by atoms with Crippen LogP contribution in [0.3, 0.4) is 0 Å². The Hall–Kier alpha value is -0.625. The summed E-state index contributed by atoms with van der Waals surface area (Å²) < 4.78 is 1.55. The van der Waals surface area contributed by atoms with Crippen LogP contribution in [0.25, 0.3) is 5.57 Å². The predicted molar refractivity (Wildman–Crippen MR) is 76.8 cm³/mol. The summed E-state index contributed by atoms with van der Waals surface area (Å²) in [6.07, 6.45) is 5.72. The summed E-state index contributed by atoms with van der Waals surface area (Å²) in [7, 11) is 0. The maximum absolute atomic E-state index is 2.34. The van der Waals surface area contributed by atoms with Crippen molar-refractivity contribution in [3.8, 4) is 0 Å². The Bertz CT molecular complexity index is 476. The van der Waals surface area contributed by atoms with E-state index in [0.29, 0.717) is 26.1 Å². The van der Waals surface area contributed by atoms with Crippen molar-refractivity contribution in [3.05, 3.63) is 62.3 Å². The molecule has 0 radical (unpaired) electrons. The number of benzene rings is 1. The third-order valence-corrected chi connectivity index (χ3v) is 6.84. The molecule has 0 aliphatic heterocycles. The molecule has 0 aliphatic rings. The molecule has 0 bridgehead atoms. The molecule has 1 heteroatoms. The summed E-state index contributed by atoms with van der Waals surface area (Å²) in [6, 6.07) is 10.7. The third kappa shape index (κ3) is 4.24. The maximum atomic E-state index is 2.34. The SMILES string of the molecule is C\C=C(/[C]([Hg])=C(C)\C=C(/C)CC)c1ccccc1. The zero-order valence-electron chi connectivity index (χ0n) is 12.0. The molecule has 1 aromatic carbocycles. The monoisotopic (exact) mass is 427 g/mol. The van der Waals surface area contributed by atoms with Gasteiger partial charge in [-0.25, -0.2) is 0 Å². The average molecular weight is 426 g/mol. The van der Waals surface area contributed by atoms with E-state index in [1.54, 1.807) is 3.08 Å². The van der Waals surface area contributed by atoms with Gasteiger partial charge < -0.3 is 0 Å². The Morgan fingerprint density at radius 3 is 2.28 bits per heavy atom. The van der Waals surface area contributed by atoms with Crippen LogP contribution in [0.2, 0.25) is 0 Å². The van der Waals surface area contributed by atoms with Gasteiger partial charge in [0.1, 0.15) is 0 Å². The second kappa shape index (κ2) is 7.73. The molecule has 0 saturated heterocycles. The molecule has 0 aromatic heterocycles. The number of hydrogen-bond acceptors (Lipinski definition) is 0. The van der Waals surface area contributed by atoms with Crippen LogP contribution in [0, 0.1) is 0 Å². The number of hydrogen-bond donors (Lipinski definition) is 0. The van der Waals surface area contributed by atoms with Crippen LogP contribution in [-0.2, 0) is 26.1 Å². The molecule has 0 N–H and O–H groups in total. The number of rotatable bonds is 4. The quantitative estimate of drug-likeness (QED) is 0.455. The minimum absolute atomic E-state index is 0.623. The molecule has 0 amide bonds. The van der Waals surface area contributed by atoms with E-state index in [1.165, 1.54) is 22.3 Å². The van der Waals surface area contributed by atoms with E-state index in [2.05, 4.69) is 70.2 Å². The van der Waals surface area contributed by atoms with Crippen LogP contribution >= 0.6 is 0 Å². The van der Waals surface area contributed by atoms with Crippen LogP contribution in [0.4, 0.5) is 0 Å². The molecule has 0 fully saturated rings.